The lowest BCUT2D eigenvalue weighted by molar-refractivity contribution is -0.135. The fourth-order valence-corrected chi connectivity index (χ4v) is 1.51. The number of aromatic amines is 1. The van der Waals surface area contributed by atoms with E-state index in [-0.39, 0.29) is 11.4 Å². The number of hydrogen-bond acceptors (Lipinski definition) is 3. The summed E-state index contributed by atoms with van der Waals surface area (Å²) in [6.45, 7) is -0.444. The summed E-state index contributed by atoms with van der Waals surface area (Å²) in [6, 6.07) is 6.44. The number of phenols is 1. The van der Waals surface area contributed by atoms with E-state index in [4.69, 9.17) is 5.11 Å². The SMILES string of the molecule is O=C(O)CNC(=O)c1cc2cccc(O)c2[nH]1. The number of amides is 1. The van der Waals surface area contributed by atoms with Crippen molar-refractivity contribution in [2.24, 2.45) is 0 Å². The number of rotatable bonds is 3. The van der Waals surface area contributed by atoms with Crippen LogP contribution in [0.2, 0.25) is 0 Å². The number of para-hydroxylation sites is 1. The normalized spacial score (nSPS) is 10.4. The Bertz CT molecular complexity index is 588. The molecule has 17 heavy (non-hydrogen) atoms. The number of hydrogen-bond donors (Lipinski definition) is 4. The lowest BCUT2D eigenvalue weighted by Gasteiger charge is -1.98. The zero-order chi connectivity index (χ0) is 12.4. The summed E-state index contributed by atoms with van der Waals surface area (Å²) in [5, 5.41) is 20.9. The van der Waals surface area contributed by atoms with Gasteiger partial charge in [-0.15, -0.1) is 0 Å². The molecule has 1 aromatic heterocycles. The van der Waals surface area contributed by atoms with Crippen LogP contribution in [0.15, 0.2) is 24.3 Å². The van der Waals surface area contributed by atoms with Crippen molar-refractivity contribution in [3.8, 4) is 5.75 Å². The number of H-pyrrole nitrogens is 1. The monoisotopic (exact) mass is 234 g/mol. The molecular formula is C11H10N2O4. The number of fused-ring (bicyclic) bond motifs is 1. The van der Waals surface area contributed by atoms with E-state index >= 15 is 0 Å². The van der Waals surface area contributed by atoms with Crippen molar-refractivity contribution in [1.82, 2.24) is 10.3 Å². The van der Waals surface area contributed by atoms with Gasteiger partial charge in [-0.25, -0.2) is 0 Å². The number of benzene rings is 1. The summed E-state index contributed by atoms with van der Waals surface area (Å²) in [7, 11) is 0. The molecule has 1 aromatic carbocycles. The highest BCUT2D eigenvalue weighted by molar-refractivity contribution is 6.00. The zero-order valence-electron chi connectivity index (χ0n) is 8.73. The molecule has 0 aliphatic rings. The van der Waals surface area contributed by atoms with Gasteiger partial charge in [0.2, 0.25) is 0 Å². The summed E-state index contributed by atoms with van der Waals surface area (Å²) in [5.41, 5.74) is 0.663. The highest BCUT2D eigenvalue weighted by atomic mass is 16.4. The molecule has 6 heteroatoms. The second-order valence-electron chi connectivity index (χ2n) is 3.50. The number of carboxylic acid groups (broad SMARTS) is 1. The number of carbonyl (C=O) groups excluding carboxylic acids is 1. The van der Waals surface area contributed by atoms with Crippen molar-refractivity contribution in [3.05, 3.63) is 30.0 Å². The first-order valence-electron chi connectivity index (χ1n) is 4.88. The minimum atomic E-state index is -1.11. The van der Waals surface area contributed by atoms with E-state index in [1.807, 2.05) is 0 Å². The van der Waals surface area contributed by atoms with Crippen molar-refractivity contribution in [2.75, 3.05) is 6.54 Å². The van der Waals surface area contributed by atoms with E-state index in [2.05, 4.69) is 10.3 Å². The topological polar surface area (TPSA) is 102 Å². The number of phenolic OH excluding ortho intramolecular Hbond substituents is 1. The third-order valence-electron chi connectivity index (χ3n) is 2.28. The summed E-state index contributed by atoms with van der Waals surface area (Å²) < 4.78 is 0. The van der Waals surface area contributed by atoms with E-state index < -0.39 is 18.4 Å². The van der Waals surface area contributed by atoms with Crippen molar-refractivity contribution in [3.63, 3.8) is 0 Å². The van der Waals surface area contributed by atoms with E-state index in [0.29, 0.717) is 10.9 Å². The molecule has 2 rings (SSSR count). The average molecular weight is 234 g/mol. The van der Waals surface area contributed by atoms with Crippen LogP contribution in [0.4, 0.5) is 0 Å². The van der Waals surface area contributed by atoms with Gasteiger partial charge in [0.1, 0.15) is 18.0 Å². The summed E-state index contributed by atoms with van der Waals surface area (Å²) >= 11 is 0. The van der Waals surface area contributed by atoms with Gasteiger partial charge in [-0.3, -0.25) is 9.59 Å². The second kappa shape index (κ2) is 4.17. The highest BCUT2D eigenvalue weighted by Crippen LogP contribution is 2.24. The number of carbonyl (C=O) groups is 2. The third kappa shape index (κ3) is 2.20. The van der Waals surface area contributed by atoms with Crippen LogP contribution < -0.4 is 5.32 Å². The molecule has 1 amide bonds. The molecule has 0 unspecified atom stereocenters. The quantitative estimate of drug-likeness (QED) is 0.627. The first-order chi connectivity index (χ1) is 8.08. The van der Waals surface area contributed by atoms with Crippen LogP contribution in [0.25, 0.3) is 10.9 Å². The minimum Gasteiger partial charge on any atom is -0.506 e. The molecule has 88 valence electrons. The number of aromatic hydroxyl groups is 1. The van der Waals surface area contributed by atoms with Gasteiger partial charge in [-0.2, -0.15) is 0 Å². The number of aliphatic carboxylic acids is 1. The Balaban J connectivity index is 2.27. The van der Waals surface area contributed by atoms with Crippen molar-refractivity contribution in [1.29, 1.82) is 0 Å². The second-order valence-corrected chi connectivity index (χ2v) is 3.50. The van der Waals surface area contributed by atoms with Crippen LogP contribution in [0.3, 0.4) is 0 Å². The van der Waals surface area contributed by atoms with E-state index in [9.17, 15) is 14.7 Å². The number of carboxylic acids is 1. The fourth-order valence-electron chi connectivity index (χ4n) is 1.51. The first kappa shape index (κ1) is 11.0. The summed E-state index contributed by atoms with van der Waals surface area (Å²) in [6.07, 6.45) is 0. The lowest BCUT2D eigenvalue weighted by Crippen LogP contribution is -2.29. The van der Waals surface area contributed by atoms with Gasteiger partial charge >= 0.3 is 5.97 Å². The highest BCUT2D eigenvalue weighted by Gasteiger charge is 2.11. The van der Waals surface area contributed by atoms with Crippen molar-refractivity contribution < 1.29 is 19.8 Å². The van der Waals surface area contributed by atoms with E-state index in [1.165, 1.54) is 6.07 Å². The molecule has 2 aromatic rings. The summed E-state index contributed by atoms with van der Waals surface area (Å²) in [5.74, 6) is -1.60. The van der Waals surface area contributed by atoms with E-state index in [0.717, 1.165) is 0 Å². The fraction of sp³-hybridized carbons (Fsp3) is 0.0909. The Morgan fingerprint density at radius 3 is 2.76 bits per heavy atom. The molecule has 6 nitrogen and oxygen atoms in total. The maximum absolute atomic E-state index is 11.5. The van der Waals surface area contributed by atoms with Crippen molar-refractivity contribution >= 4 is 22.8 Å². The molecule has 1 heterocycles. The molecule has 4 N–H and O–H groups in total. The first-order valence-corrected chi connectivity index (χ1v) is 4.88. The molecule has 0 atom stereocenters. The Morgan fingerprint density at radius 2 is 2.12 bits per heavy atom. The molecule has 0 saturated heterocycles. The number of aromatic nitrogens is 1. The Kier molecular flexibility index (Phi) is 2.70. The molecule has 0 saturated carbocycles. The Morgan fingerprint density at radius 1 is 1.35 bits per heavy atom. The molecule has 0 fully saturated rings. The van der Waals surface area contributed by atoms with Gasteiger partial charge < -0.3 is 20.5 Å². The Labute approximate surface area is 95.9 Å². The average Bonchev–Trinajstić information content (AvgIpc) is 2.71. The van der Waals surface area contributed by atoms with Gasteiger partial charge in [0.15, 0.2) is 0 Å². The van der Waals surface area contributed by atoms with Gasteiger partial charge in [0, 0.05) is 5.39 Å². The van der Waals surface area contributed by atoms with Crippen LogP contribution in [-0.2, 0) is 4.79 Å². The van der Waals surface area contributed by atoms with Gasteiger partial charge in [0.25, 0.3) is 5.91 Å². The smallest absolute Gasteiger partial charge is 0.322 e. The van der Waals surface area contributed by atoms with Gasteiger partial charge in [-0.05, 0) is 12.1 Å². The van der Waals surface area contributed by atoms with Crippen molar-refractivity contribution in [2.45, 2.75) is 0 Å². The summed E-state index contributed by atoms with van der Waals surface area (Å²) in [4.78, 5) is 24.6. The molecule has 0 aliphatic carbocycles. The number of nitrogens with one attached hydrogen (secondary N) is 2. The van der Waals surface area contributed by atoms with Gasteiger partial charge in [-0.1, -0.05) is 12.1 Å². The zero-order valence-corrected chi connectivity index (χ0v) is 8.73. The van der Waals surface area contributed by atoms with Crippen LogP contribution in [-0.4, -0.2) is 33.6 Å². The molecular weight excluding hydrogens is 224 g/mol. The predicted molar refractivity (Wildman–Crippen MR) is 59.9 cm³/mol. The lowest BCUT2D eigenvalue weighted by atomic mass is 10.2. The Hall–Kier alpha value is -2.50. The third-order valence-corrected chi connectivity index (χ3v) is 2.28. The van der Waals surface area contributed by atoms with Crippen LogP contribution in [0, 0.1) is 0 Å². The molecule has 0 aliphatic heterocycles. The maximum Gasteiger partial charge on any atom is 0.322 e. The standard InChI is InChI=1S/C11H10N2O4/c14-8-3-1-2-6-4-7(13-10(6)8)11(17)12-5-9(15)16/h1-4,13-14H,5H2,(H,12,17)(H,15,16). The maximum atomic E-state index is 11.5. The van der Waals surface area contributed by atoms with Crippen LogP contribution >= 0.6 is 0 Å². The largest absolute Gasteiger partial charge is 0.506 e. The van der Waals surface area contributed by atoms with Gasteiger partial charge in [0.05, 0.1) is 5.52 Å². The molecule has 0 radical (unpaired) electrons. The van der Waals surface area contributed by atoms with Crippen LogP contribution in [0.5, 0.6) is 5.75 Å². The van der Waals surface area contributed by atoms with E-state index in [1.54, 1.807) is 18.2 Å². The molecule has 0 bridgehead atoms. The minimum absolute atomic E-state index is 0.0415. The van der Waals surface area contributed by atoms with Crippen LogP contribution in [0.1, 0.15) is 10.5 Å². The molecule has 0 spiro atoms. The predicted octanol–water partition coefficient (Wildman–Crippen LogP) is 0.688.